The maximum absolute atomic E-state index is 12.8. The molecule has 0 bridgehead atoms. The molecule has 4 nitrogen and oxygen atoms in total. The van der Waals surface area contributed by atoms with Gasteiger partial charge >= 0.3 is 6.18 Å². The first-order valence-electron chi connectivity index (χ1n) is 6.50. The van der Waals surface area contributed by atoms with Gasteiger partial charge in [-0.3, -0.25) is 0 Å². The topological polar surface area (TPSA) is 49.1 Å². The summed E-state index contributed by atoms with van der Waals surface area (Å²) >= 11 is 0. The molecule has 1 aliphatic rings. The minimum absolute atomic E-state index is 0.271. The molecule has 2 aromatic rings. The van der Waals surface area contributed by atoms with Gasteiger partial charge in [0.15, 0.2) is 12.5 Å². The van der Waals surface area contributed by atoms with E-state index in [1.165, 1.54) is 6.07 Å². The summed E-state index contributed by atoms with van der Waals surface area (Å²) in [6.07, 6.45) is -4.37. The number of benzene rings is 2. The molecule has 3 rings (SSSR count). The van der Waals surface area contributed by atoms with Crippen LogP contribution < -0.4 is 5.32 Å². The highest BCUT2D eigenvalue weighted by Crippen LogP contribution is 2.32. The second-order valence-corrected chi connectivity index (χ2v) is 4.61. The second kappa shape index (κ2) is 5.59. The van der Waals surface area contributed by atoms with E-state index in [-0.39, 0.29) is 6.67 Å². The number of halogens is 3. The van der Waals surface area contributed by atoms with Crippen LogP contribution >= 0.6 is 0 Å². The van der Waals surface area contributed by atoms with Crippen LogP contribution in [0.4, 0.5) is 24.5 Å². The van der Waals surface area contributed by atoms with Crippen LogP contribution in [-0.4, -0.2) is 12.5 Å². The fraction of sp³-hybridized carbons (Fsp3) is 0.133. The van der Waals surface area contributed by atoms with Gasteiger partial charge in [-0.05, 0) is 30.3 Å². The first-order valence-corrected chi connectivity index (χ1v) is 6.50. The fourth-order valence-corrected chi connectivity index (χ4v) is 2.08. The predicted octanol–water partition coefficient (Wildman–Crippen LogP) is 4.62. The summed E-state index contributed by atoms with van der Waals surface area (Å²) in [6, 6.07) is 12.2. The Balaban J connectivity index is 1.93. The van der Waals surface area contributed by atoms with Gasteiger partial charge in [-0.25, -0.2) is 4.99 Å². The normalized spacial score (nSPS) is 14.0. The van der Waals surface area contributed by atoms with Gasteiger partial charge in [0.25, 0.3) is 0 Å². The van der Waals surface area contributed by atoms with Crippen LogP contribution in [0.3, 0.4) is 0 Å². The van der Waals surface area contributed by atoms with Crippen molar-refractivity contribution in [1.82, 2.24) is 0 Å². The van der Waals surface area contributed by atoms with Crippen molar-refractivity contribution in [2.45, 2.75) is 6.18 Å². The number of nitrogens with zero attached hydrogens (tertiary/aromatic N) is 3. The second-order valence-electron chi connectivity index (χ2n) is 4.61. The molecule has 1 N–H and O–H groups in total. The van der Waals surface area contributed by atoms with Gasteiger partial charge in [0.05, 0.1) is 5.56 Å². The minimum atomic E-state index is -4.37. The Hall–Kier alpha value is -2.70. The van der Waals surface area contributed by atoms with Crippen LogP contribution in [0.25, 0.3) is 0 Å². The smallest absolute Gasteiger partial charge is 0.355 e. The molecule has 0 spiro atoms. The number of aliphatic imine (C=N–C) groups is 1. The number of nitrogens with one attached hydrogen (secondary N) is 1. The first-order chi connectivity index (χ1) is 10.5. The average Bonchev–Trinajstić information content (AvgIpc) is 3.01. The lowest BCUT2D eigenvalue weighted by Gasteiger charge is -2.13. The molecule has 0 unspecified atom stereocenters. The quantitative estimate of drug-likeness (QED) is 0.883. The molecule has 7 heteroatoms. The Kier molecular flexibility index (Phi) is 3.62. The van der Waals surface area contributed by atoms with E-state index in [9.17, 15) is 13.2 Å². The Bertz CT molecular complexity index is 750. The molecule has 0 aliphatic carbocycles. The molecule has 1 aliphatic heterocycles. The highest BCUT2D eigenvalue weighted by molar-refractivity contribution is 6.04. The van der Waals surface area contributed by atoms with E-state index in [1.807, 2.05) is 6.07 Å². The van der Waals surface area contributed by atoms with Crippen LogP contribution in [0.1, 0.15) is 11.1 Å². The fourth-order valence-electron chi connectivity index (χ4n) is 2.08. The summed E-state index contributed by atoms with van der Waals surface area (Å²) in [5, 5.41) is 10.7. The lowest BCUT2D eigenvalue weighted by molar-refractivity contribution is -0.137. The van der Waals surface area contributed by atoms with E-state index in [0.29, 0.717) is 22.8 Å². The predicted molar refractivity (Wildman–Crippen MR) is 77.4 cm³/mol. The van der Waals surface area contributed by atoms with Crippen molar-refractivity contribution in [2.24, 2.45) is 15.2 Å². The van der Waals surface area contributed by atoms with Crippen molar-refractivity contribution >= 4 is 17.2 Å². The monoisotopic (exact) mass is 304 g/mol. The summed E-state index contributed by atoms with van der Waals surface area (Å²) in [5.41, 5.74) is 0.966. The molecule has 0 fully saturated rings. The number of hydrogen-bond acceptors (Lipinski definition) is 4. The summed E-state index contributed by atoms with van der Waals surface area (Å²) in [4.78, 5) is 4.13. The third-order valence-corrected chi connectivity index (χ3v) is 3.09. The maximum Gasteiger partial charge on any atom is 0.416 e. The molecular weight excluding hydrogens is 293 g/mol. The molecule has 0 saturated carbocycles. The van der Waals surface area contributed by atoms with Crippen LogP contribution in [0.15, 0.2) is 63.8 Å². The summed E-state index contributed by atoms with van der Waals surface area (Å²) in [5.74, 6) is 0.468. The zero-order valence-electron chi connectivity index (χ0n) is 11.3. The Morgan fingerprint density at radius 1 is 1.00 bits per heavy atom. The van der Waals surface area contributed by atoms with E-state index in [0.717, 1.165) is 12.1 Å². The summed E-state index contributed by atoms with van der Waals surface area (Å²) in [7, 11) is 0. The Labute approximate surface area is 124 Å². The average molecular weight is 304 g/mol. The van der Waals surface area contributed by atoms with Crippen LogP contribution in [0.5, 0.6) is 0 Å². The van der Waals surface area contributed by atoms with Gasteiger partial charge in [0, 0.05) is 16.9 Å². The number of alkyl halides is 3. The minimum Gasteiger partial charge on any atom is -0.355 e. The zero-order valence-corrected chi connectivity index (χ0v) is 11.3. The standard InChI is InChI=1S/C15H11F3N4/c16-15(17,18)10-4-3-5-11(8-10)21-13-7-2-1-6-12(13)14-19-9-20-22-14/h1-8,21H,9H2. The summed E-state index contributed by atoms with van der Waals surface area (Å²) < 4.78 is 38.3. The van der Waals surface area contributed by atoms with Gasteiger partial charge in [0.1, 0.15) is 0 Å². The van der Waals surface area contributed by atoms with Crippen molar-refractivity contribution in [3.05, 3.63) is 59.7 Å². The Morgan fingerprint density at radius 2 is 1.82 bits per heavy atom. The van der Waals surface area contributed by atoms with Gasteiger partial charge in [-0.2, -0.15) is 18.3 Å². The molecule has 0 atom stereocenters. The van der Waals surface area contributed by atoms with Crippen molar-refractivity contribution in [1.29, 1.82) is 0 Å². The highest BCUT2D eigenvalue weighted by Gasteiger charge is 2.30. The van der Waals surface area contributed by atoms with Crippen LogP contribution in [0.2, 0.25) is 0 Å². The largest absolute Gasteiger partial charge is 0.416 e. The van der Waals surface area contributed by atoms with E-state index in [1.54, 1.807) is 24.3 Å². The van der Waals surface area contributed by atoms with Gasteiger partial charge < -0.3 is 5.32 Å². The first kappa shape index (κ1) is 14.2. The highest BCUT2D eigenvalue weighted by atomic mass is 19.4. The number of anilines is 2. The molecule has 1 heterocycles. The van der Waals surface area contributed by atoms with E-state index in [2.05, 4.69) is 20.5 Å². The lowest BCUT2D eigenvalue weighted by Crippen LogP contribution is -2.06. The number of para-hydroxylation sites is 1. The van der Waals surface area contributed by atoms with Crippen LogP contribution in [-0.2, 0) is 6.18 Å². The molecule has 0 saturated heterocycles. The Morgan fingerprint density at radius 3 is 2.55 bits per heavy atom. The molecule has 22 heavy (non-hydrogen) atoms. The number of azo groups is 1. The maximum atomic E-state index is 12.8. The number of amidine groups is 1. The molecule has 2 aromatic carbocycles. The van der Waals surface area contributed by atoms with E-state index >= 15 is 0 Å². The molecule has 0 radical (unpaired) electrons. The van der Waals surface area contributed by atoms with Crippen LogP contribution in [0, 0.1) is 0 Å². The van der Waals surface area contributed by atoms with Crippen molar-refractivity contribution < 1.29 is 13.2 Å². The van der Waals surface area contributed by atoms with Gasteiger partial charge in [0.2, 0.25) is 0 Å². The third kappa shape index (κ3) is 2.98. The molecule has 112 valence electrons. The third-order valence-electron chi connectivity index (χ3n) is 3.09. The SMILES string of the molecule is FC(F)(F)c1cccc(Nc2ccccc2C2=NCN=N2)c1. The molecular formula is C15H11F3N4. The lowest BCUT2D eigenvalue weighted by atomic mass is 10.1. The van der Waals surface area contributed by atoms with E-state index in [4.69, 9.17) is 0 Å². The number of hydrogen-bond donors (Lipinski definition) is 1. The van der Waals surface area contributed by atoms with Gasteiger partial charge in [-0.1, -0.05) is 18.2 Å². The van der Waals surface area contributed by atoms with Crippen molar-refractivity contribution in [3.8, 4) is 0 Å². The van der Waals surface area contributed by atoms with Crippen molar-refractivity contribution in [3.63, 3.8) is 0 Å². The molecule has 0 aromatic heterocycles. The van der Waals surface area contributed by atoms with E-state index < -0.39 is 11.7 Å². The number of rotatable bonds is 3. The summed E-state index contributed by atoms with van der Waals surface area (Å²) in [6.45, 7) is 0.271. The van der Waals surface area contributed by atoms with Crippen molar-refractivity contribution in [2.75, 3.05) is 12.0 Å². The zero-order chi connectivity index (χ0) is 15.6. The van der Waals surface area contributed by atoms with Gasteiger partial charge in [-0.15, -0.1) is 5.11 Å². The molecule has 0 amide bonds.